The summed E-state index contributed by atoms with van der Waals surface area (Å²) in [6.45, 7) is 0. The van der Waals surface area contributed by atoms with Crippen LogP contribution in [0.4, 0.5) is 5.69 Å². The summed E-state index contributed by atoms with van der Waals surface area (Å²) in [5.41, 5.74) is 1.33. The number of benzene rings is 1. The van der Waals surface area contributed by atoms with Crippen molar-refractivity contribution in [3.05, 3.63) is 33.4 Å². The molecule has 3 rings (SSSR count). The number of hydrogen-bond acceptors (Lipinski definition) is 4. The molecule has 30 heavy (non-hydrogen) atoms. The molecule has 0 spiro atoms. The monoisotopic (exact) mass is 414 g/mol. The Labute approximate surface area is 181 Å². The molecular formula is C25H38N2O3. The molecule has 1 aromatic carbocycles. The predicted molar refractivity (Wildman–Crippen MR) is 123 cm³/mol. The average molecular weight is 415 g/mol. The zero-order chi connectivity index (χ0) is 21.2. The van der Waals surface area contributed by atoms with Crippen molar-refractivity contribution in [2.24, 2.45) is 4.99 Å². The van der Waals surface area contributed by atoms with E-state index in [-0.39, 0.29) is 28.3 Å². The average Bonchev–Trinajstić information content (AvgIpc) is 2.74. The zero-order valence-corrected chi connectivity index (χ0v) is 18.4. The van der Waals surface area contributed by atoms with E-state index in [9.17, 15) is 15.2 Å². The fraction of sp³-hybridized carbons (Fsp3) is 0.720. The molecule has 0 aliphatic heterocycles. The van der Waals surface area contributed by atoms with E-state index < -0.39 is 0 Å². The molecule has 2 aliphatic rings. The highest BCUT2D eigenvalue weighted by atomic mass is 16.6. The molecular weight excluding hydrogens is 376 g/mol. The van der Waals surface area contributed by atoms with Gasteiger partial charge in [-0.3, -0.25) is 15.1 Å². The van der Waals surface area contributed by atoms with Crippen molar-refractivity contribution in [2.75, 3.05) is 0 Å². The Morgan fingerprint density at radius 1 is 0.833 bits per heavy atom. The lowest BCUT2D eigenvalue weighted by Crippen LogP contribution is -2.10. The van der Waals surface area contributed by atoms with Crippen molar-refractivity contribution in [3.8, 4) is 5.75 Å². The third-order valence-corrected chi connectivity index (χ3v) is 6.91. The highest BCUT2D eigenvalue weighted by Crippen LogP contribution is 2.38. The number of rotatable bonds is 4. The fourth-order valence-corrected chi connectivity index (χ4v) is 5.07. The Morgan fingerprint density at radius 3 is 1.90 bits per heavy atom. The zero-order valence-electron chi connectivity index (χ0n) is 18.4. The molecule has 0 saturated heterocycles. The molecule has 5 heteroatoms. The number of aromatic hydroxyl groups is 1. The number of phenols is 1. The van der Waals surface area contributed by atoms with Gasteiger partial charge >= 0.3 is 0 Å². The summed E-state index contributed by atoms with van der Waals surface area (Å²) in [6, 6.07) is 3.38. The van der Waals surface area contributed by atoms with Gasteiger partial charge in [0.1, 0.15) is 5.75 Å². The van der Waals surface area contributed by atoms with E-state index in [2.05, 4.69) is 4.99 Å². The Morgan fingerprint density at radius 2 is 1.33 bits per heavy atom. The van der Waals surface area contributed by atoms with Crippen molar-refractivity contribution in [2.45, 2.75) is 115 Å². The molecule has 0 bridgehead atoms. The smallest absolute Gasteiger partial charge is 0.270 e. The summed E-state index contributed by atoms with van der Waals surface area (Å²) in [7, 11) is 0. The first kappa shape index (κ1) is 22.8. The molecule has 0 unspecified atom stereocenters. The van der Waals surface area contributed by atoms with E-state index in [4.69, 9.17) is 0 Å². The molecule has 2 fully saturated rings. The van der Waals surface area contributed by atoms with Gasteiger partial charge in [-0.1, -0.05) is 77.0 Å². The maximum Gasteiger partial charge on any atom is 0.270 e. The Bertz CT molecular complexity index is 699. The largest absolute Gasteiger partial charge is 0.507 e. The first-order valence-electron chi connectivity index (χ1n) is 12.2. The quantitative estimate of drug-likeness (QED) is 0.316. The molecule has 1 N–H and O–H groups in total. The van der Waals surface area contributed by atoms with Crippen LogP contribution >= 0.6 is 0 Å². The van der Waals surface area contributed by atoms with Gasteiger partial charge in [0, 0.05) is 35.5 Å². The van der Waals surface area contributed by atoms with Gasteiger partial charge in [-0.05, 0) is 31.6 Å². The van der Waals surface area contributed by atoms with E-state index in [1.165, 1.54) is 70.3 Å². The third-order valence-electron chi connectivity index (χ3n) is 6.91. The van der Waals surface area contributed by atoms with Crippen LogP contribution in [0.1, 0.15) is 120 Å². The number of nitro benzene ring substituents is 1. The van der Waals surface area contributed by atoms with Crippen molar-refractivity contribution in [1.82, 2.24) is 0 Å². The minimum Gasteiger partial charge on any atom is -0.507 e. The van der Waals surface area contributed by atoms with Crippen molar-refractivity contribution >= 4 is 11.9 Å². The number of nitrogens with zero attached hydrogens (tertiary/aromatic N) is 2. The molecule has 166 valence electrons. The lowest BCUT2D eigenvalue weighted by atomic mass is 9.86. The minimum absolute atomic E-state index is 0.0685. The Balaban J connectivity index is 1.83. The van der Waals surface area contributed by atoms with Crippen molar-refractivity contribution in [1.29, 1.82) is 0 Å². The number of non-ortho nitro benzene ring substituents is 1. The summed E-state index contributed by atoms with van der Waals surface area (Å²) in [5.74, 6) is 0.392. The molecule has 0 amide bonds. The van der Waals surface area contributed by atoms with Gasteiger partial charge in [0.15, 0.2) is 0 Å². The summed E-state index contributed by atoms with van der Waals surface area (Å²) < 4.78 is 0. The fourth-order valence-electron chi connectivity index (χ4n) is 5.07. The first-order valence-corrected chi connectivity index (χ1v) is 12.2. The van der Waals surface area contributed by atoms with Crippen molar-refractivity contribution < 1.29 is 10.0 Å². The Kier molecular flexibility index (Phi) is 9.16. The molecule has 2 aliphatic carbocycles. The van der Waals surface area contributed by atoms with E-state index in [0.29, 0.717) is 5.56 Å². The van der Waals surface area contributed by atoms with E-state index in [0.717, 1.165) is 44.1 Å². The van der Waals surface area contributed by atoms with E-state index >= 15 is 0 Å². The predicted octanol–water partition coefficient (Wildman–Crippen LogP) is 7.44. The summed E-state index contributed by atoms with van der Waals surface area (Å²) in [5, 5.41) is 22.6. The molecule has 0 heterocycles. The van der Waals surface area contributed by atoms with Crippen LogP contribution in [0.25, 0.3) is 0 Å². The SMILES string of the molecule is O=[N+]([O-])c1cc(C=NC2CCCCC2)c(O)c(C2CCCCCCCCCCC2)c1. The molecule has 0 atom stereocenters. The maximum absolute atomic E-state index is 11.6. The van der Waals surface area contributed by atoms with Gasteiger partial charge < -0.3 is 5.11 Å². The molecule has 5 nitrogen and oxygen atoms in total. The number of nitro groups is 1. The number of hydrogen-bond donors (Lipinski definition) is 1. The highest BCUT2D eigenvalue weighted by molar-refractivity contribution is 5.85. The second-order valence-electron chi connectivity index (χ2n) is 9.26. The van der Waals surface area contributed by atoms with Crippen LogP contribution in [0.15, 0.2) is 17.1 Å². The van der Waals surface area contributed by atoms with Gasteiger partial charge in [0.25, 0.3) is 5.69 Å². The first-order chi connectivity index (χ1) is 14.6. The molecule has 2 saturated carbocycles. The van der Waals surface area contributed by atoms with E-state index in [1.54, 1.807) is 12.3 Å². The van der Waals surface area contributed by atoms with Gasteiger partial charge in [0.05, 0.1) is 4.92 Å². The van der Waals surface area contributed by atoms with Crippen LogP contribution in [-0.2, 0) is 0 Å². The summed E-state index contributed by atoms with van der Waals surface area (Å²) >= 11 is 0. The van der Waals surface area contributed by atoms with Crippen LogP contribution in [0, 0.1) is 10.1 Å². The lowest BCUT2D eigenvalue weighted by Gasteiger charge is -2.21. The Hall–Kier alpha value is -1.91. The van der Waals surface area contributed by atoms with Gasteiger partial charge in [-0.25, -0.2) is 0 Å². The summed E-state index contributed by atoms with van der Waals surface area (Å²) in [6.07, 6.45) is 20.7. The van der Waals surface area contributed by atoms with Crippen LogP contribution in [0.2, 0.25) is 0 Å². The normalized spacial score (nSPS) is 21.2. The topological polar surface area (TPSA) is 75.7 Å². The van der Waals surface area contributed by atoms with Crippen LogP contribution in [-0.4, -0.2) is 22.3 Å². The van der Waals surface area contributed by atoms with Gasteiger partial charge in [0.2, 0.25) is 0 Å². The summed E-state index contributed by atoms with van der Waals surface area (Å²) in [4.78, 5) is 15.9. The maximum atomic E-state index is 11.6. The minimum atomic E-state index is -0.337. The lowest BCUT2D eigenvalue weighted by molar-refractivity contribution is -0.385. The number of aliphatic imine (C=N–C) groups is 1. The third kappa shape index (κ3) is 6.82. The molecule has 0 radical (unpaired) electrons. The van der Waals surface area contributed by atoms with Crippen molar-refractivity contribution in [3.63, 3.8) is 0 Å². The van der Waals surface area contributed by atoms with Crippen LogP contribution in [0.3, 0.4) is 0 Å². The second-order valence-corrected chi connectivity index (χ2v) is 9.26. The number of phenolic OH excluding ortho intramolecular Hbond substituents is 1. The second kappa shape index (κ2) is 12.1. The van der Waals surface area contributed by atoms with Crippen LogP contribution in [0.5, 0.6) is 5.75 Å². The van der Waals surface area contributed by atoms with Crippen LogP contribution < -0.4 is 0 Å². The van der Waals surface area contributed by atoms with Gasteiger partial charge in [-0.15, -0.1) is 0 Å². The van der Waals surface area contributed by atoms with E-state index in [1.807, 2.05) is 0 Å². The standard InChI is InChI=1S/C25H38N2O3/c28-25-21(19-26-22-15-11-8-12-16-22)17-23(27(29)30)18-24(25)20-13-9-6-4-2-1-3-5-7-10-14-20/h17-20,22,28H,1-16H2. The highest BCUT2D eigenvalue weighted by Gasteiger charge is 2.22. The van der Waals surface area contributed by atoms with Gasteiger partial charge in [-0.2, -0.15) is 0 Å². The molecule has 0 aromatic heterocycles. The molecule has 1 aromatic rings.